The lowest BCUT2D eigenvalue weighted by molar-refractivity contribution is 0.0940. The summed E-state index contributed by atoms with van der Waals surface area (Å²) in [6, 6.07) is 18.2. The second-order valence-corrected chi connectivity index (χ2v) is 11.5. The van der Waals surface area contributed by atoms with Gasteiger partial charge in [-0.2, -0.15) is 0 Å². The number of pyridine rings is 1. The van der Waals surface area contributed by atoms with Crippen molar-refractivity contribution < 1.29 is 13.2 Å². The third kappa shape index (κ3) is 4.29. The van der Waals surface area contributed by atoms with Crippen LogP contribution in [0, 0.1) is 0 Å². The van der Waals surface area contributed by atoms with E-state index in [1.165, 1.54) is 11.1 Å². The molecule has 0 fully saturated rings. The van der Waals surface area contributed by atoms with Crippen molar-refractivity contribution in [1.29, 1.82) is 0 Å². The molecule has 5 nitrogen and oxygen atoms in total. The maximum atomic E-state index is 13.6. The molecule has 1 atom stereocenters. The predicted molar refractivity (Wildman–Crippen MR) is 138 cm³/mol. The number of benzene rings is 2. The van der Waals surface area contributed by atoms with Gasteiger partial charge >= 0.3 is 0 Å². The molecule has 0 spiro atoms. The molecule has 0 saturated heterocycles. The second-order valence-electron chi connectivity index (χ2n) is 8.55. The van der Waals surface area contributed by atoms with Gasteiger partial charge in [0.05, 0.1) is 27.7 Å². The molecule has 1 unspecified atom stereocenters. The van der Waals surface area contributed by atoms with Crippen molar-refractivity contribution in [1.82, 2.24) is 10.3 Å². The number of rotatable bonds is 5. The molecule has 1 N–H and O–H groups in total. The van der Waals surface area contributed by atoms with Gasteiger partial charge in [-0.3, -0.25) is 4.79 Å². The summed E-state index contributed by atoms with van der Waals surface area (Å²) in [4.78, 5) is 20.0. The molecule has 2 aromatic carbocycles. The number of aromatic nitrogens is 1. The lowest BCUT2D eigenvalue weighted by Gasteiger charge is -2.18. The Morgan fingerprint density at radius 2 is 1.82 bits per heavy atom. The molecule has 1 aliphatic carbocycles. The number of allylic oxidation sites excluding steroid dienone is 1. The van der Waals surface area contributed by atoms with E-state index in [9.17, 15) is 13.2 Å². The van der Waals surface area contributed by atoms with Gasteiger partial charge in [-0.05, 0) is 72.2 Å². The Bertz CT molecular complexity index is 1520. The van der Waals surface area contributed by atoms with Gasteiger partial charge in [-0.15, -0.1) is 11.3 Å². The van der Waals surface area contributed by atoms with Gasteiger partial charge in [0, 0.05) is 16.5 Å². The number of carbonyl (C=O) groups is 1. The monoisotopic (exact) mass is 488 g/mol. The van der Waals surface area contributed by atoms with Gasteiger partial charge in [-0.1, -0.05) is 36.4 Å². The number of nitrogens with one attached hydrogen (secondary N) is 1. The first-order valence-corrected chi connectivity index (χ1v) is 13.9. The van der Waals surface area contributed by atoms with Crippen molar-refractivity contribution in [2.24, 2.45) is 0 Å². The van der Waals surface area contributed by atoms with Crippen LogP contribution in [0.1, 0.15) is 51.4 Å². The fraction of sp³-hybridized carbons (Fsp3) is 0.185. The summed E-state index contributed by atoms with van der Waals surface area (Å²) in [7, 11) is -3.27. The number of fused-ring (bicyclic) bond motifs is 2. The Kier molecular flexibility index (Phi) is 5.83. The van der Waals surface area contributed by atoms with Gasteiger partial charge in [0.2, 0.25) is 0 Å². The first-order valence-electron chi connectivity index (χ1n) is 11.1. The average Bonchev–Trinajstić information content (AvgIpc) is 3.47. The van der Waals surface area contributed by atoms with Gasteiger partial charge in [-0.25, -0.2) is 13.4 Å². The van der Waals surface area contributed by atoms with Crippen LogP contribution in [-0.4, -0.2) is 25.6 Å². The van der Waals surface area contributed by atoms with Crippen molar-refractivity contribution in [2.75, 3.05) is 6.26 Å². The van der Waals surface area contributed by atoms with Crippen molar-refractivity contribution in [3.05, 3.63) is 93.3 Å². The first-order chi connectivity index (χ1) is 16.3. The molecular formula is C27H24N2O3S2. The quantitative estimate of drug-likeness (QED) is 0.392. The highest BCUT2D eigenvalue weighted by Gasteiger charge is 2.27. The molecule has 0 aliphatic heterocycles. The number of amides is 1. The lowest BCUT2D eigenvalue weighted by Crippen LogP contribution is -2.28. The highest BCUT2D eigenvalue weighted by Crippen LogP contribution is 2.38. The van der Waals surface area contributed by atoms with Crippen molar-refractivity contribution in [3.8, 4) is 0 Å². The van der Waals surface area contributed by atoms with Gasteiger partial charge < -0.3 is 5.32 Å². The SMILES string of the molecule is CC(NC(=O)c1c2c(nc3ccccc13)/C(=C/c1cccs1)CC2)c1ccc(S(C)(=O)=O)cc1. The molecule has 2 aromatic heterocycles. The van der Waals surface area contributed by atoms with E-state index in [4.69, 9.17) is 4.98 Å². The number of carbonyl (C=O) groups excluding carboxylic acids is 1. The molecule has 172 valence electrons. The highest BCUT2D eigenvalue weighted by atomic mass is 32.2. The normalized spacial score (nSPS) is 15.4. The molecule has 2 heterocycles. The van der Waals surface area contributed by atoms with Crippen molar-refractivity contribution in [3.63, 3.8) is 0 Å². The van der Waals surface area contributed by atoms with Crippen LogP contribution in [0.4, 0.5) is 0 Å². The molecule has 0 radical (unpaired) electrons. The highest BCUT2D eigenvalue weighted by molar-refractivity contribution is 7.90. The molecule has 0 bridgehead atoms. The van der Waals surface area contributed by atoms with E-state index in [0.717, 1.165) is 46.1 Å². The predicted octanol–water partition coefficient (Wildman–Crippen LogP) is 5.68. The summed E-state index contributed by atoms with van der Waals surface area (Å²) in [5.74, 6) is -0.146. The molecule has 1 aliphatic rings. The molecule has 7 heteroatoms. The summed E-state index contributed by atoms with van der Waals surface area (Å²) in [6.45, 7) is 1.90. The maximum absolute atomic E-state index is 13.6. The van der Waals surface area contributed by atoms with E-state index >= 15 is 0 Å². The Morgan fingerprint density at radius 1 is 1.06 bits per heavy atom. The average molecular weight is 489 g/mol. The zero-order chi connectivity index (χ0) is 23.9. The van der Waals surface area contributed by atoms with E-state index in [1.54, 1.807) is 35.6 Å². The fourth-order valence-corrected chi connectivity index (χ4v) is 5.75. The van der Waals surface area contributed by atoms with Crippen LogP contribution in [-0.2, 0) is 16.3 Å². The minimum atomic E-state index is -3.27. The van der Waals surface area contributed by atoms with Crippen molar-refractivity contribution >= 4 is 49.6 Å². The number of hydrogen-bond donors (Lipinski definition) is 1. The minimum absolute atomic E-state index is 0.146. The summed E-state index contributed by atoms with van der Waals surface area (Å²) >= 11 is 1.69. The van der Waals surface area contributed by atoms with E-state index < -0.39 is 9.84 Å². The summed E-state index contributed by atoms with van der Waals surface area (Å²) < 4.78 is 23.5. The van der Waals surface area contributed by atoms with Crippen LogP contribution in [0.2, 0.25) is 0 Å². The summed E-state index contributed by atoms with van der Waals surface area (Å²) in [5, 5.41) is 6.02. The smallest absolute Gasteiger partial charge is 0.252 e. The van der Waals surface area contributed by atoms with Gasteiger partial charge in [0.15, 0.2) is 9.84 Å². The molecule has 5 rings (SSSR count). The largest absolute Gasteiger partial charge is 0.345 e. The van der Waals surface area contributed by atoms with E-state index in [-0.39, 0.29) is 16.8 Å². The van der Waals surface area contributed by atoms with Crippen molar-refractivity contribution in [2.45, 2.75) is 30.7 Å². The van der Waals surface area contributed by atoms with Gasteiger partial charge in [0.25, 0.3) is 5.91 Å². The summed E-state index contributed by atoms with van der Waals surface area (Å²) in [6.07, 6.45) is 4.97. The molecule has 34 heavy (non-hydrogen) atoms. The number of hydrogen-bond acceptors (Lipinski definition) is 5. The number of nitrogens with zero attached hydrogens (tertiary/aromatic N) is 1. The number of sulfone groups is 1. The van der Waals surface area contributed by atoms with Crippen LogP contribution in [0.15, 0.2) is 70.9 Å². The van der Waals surface area contributed by atoms with E-state index in [0.29, 0.717) is 5.56 Å². The van der Waals surface area contributed by atoms with Crippen LogP contribution >= 0.6 is 11.3 Å². The second kappa shape index (κ2) is 8.81. The minimum Gasteiger partial charge on any atom is -0.345 e. The zero-order valence-corrected chi connectivity index (χ0v) is 20.5. The number of para-hydroxylation sites is 1. The van der Waals surface area contributed by atoms with Crippen LogP contribution in [0.25, 0.3) is 22.6 Å². The fourth-order valence-electron chi connectivity index (χ4n) is 4.44. The Hall–Kier alpha value is -3.29. The summed E-state index contributed by atoms with van der Waals surface area (Å²) in [5.41, 5.74) is 5.36. The van der Waals surface area contributed by atoms with Crippen LogP contribution in [0.3, 0.4) is 0 Å². The molecular weight excluding hydrogens is 464 g/mol. The molecule has 0 saturated carbocycles. The molecule has 1 amide bonds. The number of thiophene rings is 1. The first kappa shape index (κ1) is 22.5. The zero-order valence-electron chi connectivity index (χ0n) is 18.9. The lowest BCUT2D eigenvalue weighted by atomic mass is 9.99. The maximum Gasteiger partial charge on any atom is 0.252 e. The third-order valence-corrected chi connectivity index (χ3v) is 8.13. The Morgan fingerprint density at radius 3 is 2.53 bits per heavy atom. The van der Waals surface area contributed by atoms with E-state index in [1.807, 2.05) is 37.3 Å². The molecule has 4 aromatic rings. The van der Waals surface area contributed by atoms with Gasteiger partial charge in [0.1, 0.15) is 0 Å². The standard InChI is InChI=1S/C27H24N2O3S2/c1-17(18-9-12-21(13-10-18)34(2,31)32)28-27(30)25-22-7-3-4-8-24(22)29-26-19(11-14-23(25)26)16-20-6-5-15-33-20/h3-10,12-13,15-17H,11,14H2,1-2H3,(H,28,30)/b19-16+. The Balaban J connectivity index is 1.51. The Labute approximate surface area is 203 Å². The topological polar surface area (TPSA) is 76.1 Å². The van der Waals surface area contributed by atoms with E-state index in [2.05, 4.69) is 22.8 Å². The third-order valence-electron chi connectivity index (χ3n) is 6.18. The van der Waals surface area contributed by atoms with Crippen LogP contribution in [0.5, 0.6) is 0 Å². The van der Waals surface area contributed by atoms with Crippen LogP contribution < -0.4 is 5.32 Å².